The molecule has 3 amide bonds. The van der Waals surface area contributed by atoms with Crippen molar-refractivity contribution >= 4 is 11.9 Å². The zero-order valence-electron chi connectivity index (χ0n) is 10.8. The number of hydrogen-bond acceptors (Lipinski definition) is 3. The summed E-state index contributed by atoms with van der Waals surface area (Å²) in [4.78, 5) is 22.8. The molecule has 0 saturated heterocycles. The molecule has 0 fully saturated rings. The lowest BCUT2D eigenvalue weighted by molar-refractivity contribution is -0.126. The van der Waals surface area contributed by atoms with E-state index in [1.807, 2.05) is 25.1 Å². The van der Waals surface area contributed by atoms with Crippen LogP contribution in [-0.4, -0.2) is 24.6 Å². The number of benzene rings is 1. The van der Waals surface area contributed by atoms with Crippen LogP contribution in [0.2, 0.25) is 0 Å². The molecule has 0 aliphatic heterocycles. The maximum atomic E-state index is 11.6. The summed E-state index contributed by atoms with van der Waals surface area (Å²) in [5.41, 5.74) is 1.05. The van der Waals surface area contributed by atoms with Crippen molar-refractivity contribution < 1.29 is 14.3 Å². The molecule has 0 aliphatic rings. The Morgan fingerprint density at radius 3 is 2.72 bits per heavy atom. The number of ether oxygens (including phenoxy) is 1. The van der Waals surface area contributed by atoms with E-state index < -0.39 is 18.0 Å². The molecule has 0 saturated carbocycles. The molecule has 0 aromatic heterocycles. The molecule has 0 radical (unpaired) electrons. The van der Waals surface area contributed by atoms with Crippen molar-refractivity contribution in [3.63, 3.8) is 0 Å². The van der Waals surface area contributed by atoms with Crippen LogP contribution < -0.4 is 15.4 Å². The summed E-state index contributed by atoms with van der Waals surface area (Å²) in [6.07, 6.45) is -0.727. The van der Waals surface area contributed by atoms with Crippen molar-refractivity contribution in [2.45, 2.75) is 26.9 Å². The molecule has 1 aromatic carbocycles. The molecule has 5 heteroatoms. The van der Waals surface area contributed by atoms with Gasteiger partial charge in [0, 0.05) is 6.54 Å². The van der Waals surface area contributed by atoms with E-state index in [0.717, 1.165) is 5.56 Å². The number of amides is 3. The Balaban J connectivity index is 2.52. The van der Waals surface area contributed by atoms with Crippen molar-refractivity contribution in [1.82, 2.24) is 10.6 Å². The molecule has 18 heavy (non-hydrogen) atoms. The van der Waals surface area contributed by atoms with Gasteiger partial charge in [0.25, 0.3) is 5.91 Å². The van der Waals surface area contributed by atoms with Crippen LogP contribution >= 0.6 is 0 Å². The number of imide groups is 1. The summed E-state index contributed by atoms with van der Waals surface area (Å²) in [7, 11) is 0. The fourth-order valence-corrected chi connectivity index (χ4v) is 1.36. The third kappa shape index (κ3) is 4.45. The van der Waals surface area contributed by atoms with Gasteiger partial charge in [-0.05, 0) is 38.5 Å². The van der Waals surface area contributed by atoms with E-state index >= 15 is 0 Å². The van der Waals surface area contributed by atoms with Crippen LogP contribution in [0.1, 0.15) is 19.4 Å². The van der Waals surface area contributed by atoms with Crippen molar-refractivity contribution in [3.05, 3.63) is 29.8 Å². The second-order valence-corrected chi connectivity index (χ2v) is 3.93. The molecule has 5 nitrogen and oxygen atoms in total. The molecule has 98 valence electrons. The fourth-order valence-electron chi connectivity index (χ4n) is 1.36. The summed E-state index contributed by atoms with van der Waals surface area (Å²) in [5, 5.41) is 4.68. The Kier molecular flexibility index (Phi) is 5.17. The first-order chi connectivity index (χ1) is 8.52. The minimum Gasteiger partial charge on any atom is -0.481 e. The van der Waals surface area contributed by atoms with Gasteiger partial charge in [0.05, 0.1) is 0 Å². The molecule has 2 N–H and O–H groups in total. The predicted octanol–water partition coefficient (Wildman–Crippen LogP) is 1.61. The van der Waals surface area contributed by atoms with Gasteiger partial charge in [0.1, 0.15) is 5.75 Å². The third-order valence-electron chi connectivity index (χ3n) is 2.25. The number of hydrogen-bond donors (Lipinski definition) is 2. The van der Waals surface area contributed by atoms with Gasteiger partial charge in [-0.25, -0.2) is 4.79 Å². The highest BCUT2D eigenvalue weighted by Gasteiger charge is 2.16. The maximum Gasteiger partial charge on any atom is 0.321 e. The van der Waals surface area contributed by atoms with Gasteiger partial charge in [0.2, 0.25) is 0 Å². The molecule has 0 spiro atoms. The second kappa shape index (κ2) is 6.64. The quantitative estimate of drug-likeness (QED) is 0.853. The fraction of sp³-hybridized carbons (Fsp3) is 0.385. The Bertz CT molecular complexity index is 432. The number of carbonyl (C=O) groups is 2. The van der Waals surface area contributed by atoms with Crippen molar-refractivity contribution in [3.8, 4) is 5.75 Å². The number of carbonyl (C=O) groups excluding carboxylic acids is 2. The van der Waals surface area contributed by atoms with E-state index in [9.17, 15) is 9.59 Å². The molecule has 0 unspecified atom stereocenters. The SMILES string of the molecule is CCNC(=O)NC(=O)[C@@H](C)Oc1cccc(C)c1. The first kappa shape index (κ1) is 14.0. The van der Waals surface area contributed by atoms with E-state index in [4.69, 9.17) is 4.74 Å². The lowest BCUT2D eigenvalue weighted by atomic mass is 10.2. The summed E-state index contributed by atoms with van der Waals surface area (Å²) < 4.78 is 5.44. The van der Waals surface area contributed by atoms with Crippen LogP contribution in [0.5, 0.6) is 5.75 Å². The van der Waals surface area contributed by atoms with Crippen LogP contribution in [0, 0.1) is 6.92 Å². The van der Waals surface area contributed by atoms with Gasteiger partial charge < -0.3 is 10.1 Å². The number of rotatable bonds is 4. The minimum absolute atomic E-state index is 0.465. The molecule has 0 aliphatic carbocycles. The first-order valence-electron chi connectivity index (χ1n) is 5.85. The average molecular weight is 250 g/mol. The molecule has 1 atom stereocenters. The van der Waals surface area contributed by atoms with Crippen LogP contribution in [-0.2, 0) is 4.79 Å². The Labute approximate surface area is 107 Å². The largest absolute Gasteiger partial charge is 0.481 e. The van der Waals surface area contributed by atoms with Crippen LogP contribution in [0.25, 0.3) is 0 Å². The first-order valence-corrected chi connectivity index (χ1v) is 5.85. The van der Waals surface area contributed by atoms with Gasteiger partial charge in [-0.3, -0.25) is 10.1 Å². The van der Waals surface area contributed by atoms with Crippen LogP contribution in [0.15, 0.2) is 24.3 Å². The van der Waals surface area contributed by atoms with E-state index in [2.05, 4.69) is 10.6 Å². The summed E-state index contributed by atoms with van der Waals surface area (Å²) >= 11 is 0. The van der Waals surface area contributed by atoms with Gasteiger partial charge in [0.15, 0.2) is 6.10 Å². The number of urea groups is 1. The van der Waals surface area contributed by atoms with Gasteiger partial charge in [-0.2, -0.15) is 0 Å². The van der Waals surface area contributed by atoms with E-state index in [0.29, 0.717) is 12.3 Å². The smallest absolute Gasteiger partial charge is 0.321 e. The van der Waals surface area contributed by atoms with Gasteiger partial charge in [-0.15, -0.1) is 0 Å². The Hall–Kier alpha value is -2.04. The maximum absolute atomic E-state index is 11.6. The second-order valence-electron chi connectivity index (χ2n) is 3.93. The number of aryl methyl sites for hydroxylation is 1. The summed E-state index contributed by atoms with van der Waals surface area (Å²) in [6.45, 7) is 5.77. The normalized spacial score (nSPS) is 11.5. The molecular formula is C13H18N2O3. The van der Waals surface area contributed by atoms with Crippen molar-refractivity contribution in [2.75, 3.05) is 6.54 Å². The van der Waals surface area contributed by atoms with Crippen molar-refractivity contribution in [2.24, 2.45) is 0 Å². The zero-order chi connectivity index (χ0) is 13.5. The standard InChI is InChI=1S/C13H18N2O3/c1-4-14-13(17)15-12(16)10(3)18-11-7-5-6-9(2)8-11/h5-8,10H,4H2,1-3H3,(H2,14,15,16,17)/t10-/m1/s1. The lowest BCUT2D eigenvalue weighted by Gasteiger charge is -2.14. The third-order valence-corrected chi connectivity index (χ3v) is 2.25. The molecule has 1 aromatic rings. The van der Waals surface area contributed by atoms with Crippen LogP contribution in [0.3, 0.4) is 0 Å². The topological polar surface area (TPSA) is 67.4 Å². The number of nitrogens with one attached hydrogen (secondary N) is 2. The highest BCUT2D eigenvalue weighted by molar-refractivity contribution is 5.96. The average Bonchev–Trinajstić information content (AvgIpc) is 2.29. The molecular weight excluding hydrogens is 232 g/mol. The summed E-state index contributed by atoms with van der Waals surface area (Å²) in [6, 6.07) is 6.87. The molecule has 1 rings (SSSR count). The minimum atomic E-state index is -0.727. The predicted molar refractivity (Wildman–Crippen MR) is 68.5 cm³/mol. The van der Waals surface area contributed by atoms with Gasteiger partial charge >= 0.3 is 6.03 Å². The van der Waals surface area contributed by atoms with E-state index in [-0.39, 0.29) is 0 Å². The highest BCUT2D eigenvalue weighted by Crippen LogP contribution is 2.14. The molecule has 0 heterocycles. The monoisotopic (exact) mass is 250 g/mol. The Morgan fingerprint density at radius 2 is 2.11 bits per heavy atom. The summed E-state index contributed by atoms with van der Waals surface area (Å²) in [5.74, 6) is 0.135. The van der Waals surface area contributed by atoms with E-state index in [1.54, 1.807) is 19.9 Å². The lowest BCUT2D eigenvalue weighted by Crippen LogP contribution is -2.45. The zero-order valence-corrected chi connectivity index (χ0v) is 10.8. The molecule has 0 bridgehead atoms. The van der Waals surface area contributed by atoms with E-state index in [1.165, 1.54) is 0 Å². The van der Waals surface area contributed by atoms with Crippen molar-refractivity contribution in [1.29, 1.82) is 0 Å². The van der Waals surface area contributed by atoms with Gasteiger partial charge in [-0.1, -0.05) is 12.1 Å². The van der Waals surface area contributed by atoms with Crippen LogP contribution in [0.4, 0.5) is 4.79 Å². The Morgan fingerprint density at radius 1 is 1.39 bits per heavy atom. The highest BCUT2D eigenvalue weighted by atomic mass is 16.5.